The van der Waals surface area contributed by atoms with Gasteiger partial charge in [-0.15, -0.1) is 0 Å². The first-order valence-corrected chi connectivity index (χ1v) is 6.94. The maximum atomic E-state index is 11.9. The van der Waals surface area contributed by atoms with Gasteiger partial charge in [0, 0.05) is 0 Å². The molecule has 0 saturated heterocycles. The highest BCUT2D eigenvalue weighted by Gasteiger charge is 2.21. The van der Waals surface area contributed by atoms with Gasteiger partial charge < -0.3 is 9.47 Å². The van der Waals surface area contributed by atoms with Crippen molar-refractivity contribution in [3.8, 4) is 5.75 Å². The Morgan fingerprint density at radius 2 is 1.79 bits per heavy atom. The Balaban J connectivity index is 2.77. The fourth-order valence-corrected chi connectivity index (χ4v) is 2.45. The molecule has 0 aliphatic carbocycles. The Bertz CT molecular complexity index is 520. The van der Waals surface area contributed by atoms with Crippen LogP contribution in [0.3, 0.4) is 0 Å². The summed E-state index contributed by atoms with van der Waals surface area (Å²) in [7, 11) is -1.19. The monoisotopic (exact) mass is 288 g/mol. The fourth-order valence-electron chi connectivity index (χ4n) is 1.37. The molecule has 0 saturated carbocycles. The second kappa shape index (κ2) is 6.53. The van der Waals surface area contributed by atoms with Crippen molar-refractivity contribution in [1.29, 1.82) is 0 Å². The zero-order chi connectivity index (χ0) is 14.5. The number of esters is 1. The van der Waals surface area contributed by atoms with Crippen LogP contribution in [0.4, 0.5) is 0 Å². The van der Waals surface area contributed by atoms with Crippen LogP contribution in [0.5, 0.6) is 5.75 Å². The van der Waals surface area contributed by atoms with Gasteiger partial charge in [0.05, 0.1) is 31.6 Å². The molecular formula is C12H16O6S. The molecule has 0 fully saturated rings. The number of hydrogen-bond acceptors (Lipinski definition) is 6. The van der Waals surface area contributed by atoms with E-state index in [1.165, 1.54) is 45.4 Å². The van der Waals surface area contributed by atoms with Crippen LogP contribution >= 0.6 is 0 Å². The molecular weight excluding hydrogens is 272 g/mol. The molecule has 0 radical (unpaired) electrons. The highest BCUT2D eigenvalue weighted by molar-refractivity contribution is 7.86. The summed E-state index contributed by atoms with van der Waals surface area (Å²) in [5, 5.41) is 0. The molecule has 106 valence electrons. The van der Waals surface area contributed by atoms with E-state index in [0.29, 0.717) is 5.75 Å². The zero-order valence-electron chi connectivity index (χ0n) is 11.0. The summed E-state index contributed by atoms with van der Waals surface area (Å²) in [5.74, 6) is 0.0130. The molecule has 0 N–H and O–H groups in total. The molecule has 19 heavy (non-hydrogen) atoms. The molecule has 0 aromatic heterocycles. The summed E-state index contributed by atoms with van der Waals surface area (Å²) in [5.41, 5.74) is 0. The number of carbonyl (C=O) groups is 1. The van der Waals surface area contributed by atoms with Gasteiger partial charge >= 0.3 is 5.97 Å². The fraction of sp³-hybridized carbons (Fsp3) is 0.417. The Morgan fingerprint density at radius 3 is 2.26 bits per heavy atom. The molecule has 6 nitrogen and oxygen atoms in total. The third-order valence-corrected chi connectivity index (χ3v) is 3.75. The number of methoxy groups -OCH3 is 2. The van der Waals surface area contributed by atoms with E-state index in [-0.39, 0.29) is 11.3 Å². The predicted octanol–water partition coefficient (Wildman–Crippen LogP) is 1.35. The predicted molar refractivity (Wildman–Crippen MR) is 67.4 cm³/mol. The lowest BCUT2D eigenvalue weighted by atomic mass is 10.3. The average molecular weight is 288 g/mol. The van der Waals surface area contributed by atoms with Gasteiger partial charge in [-0.2, -0.15) is 8.42 Å². The second-order valence-electron chi connectivity index (χ2n) is 3.82. The van der Waals surface area contributed by atoms with Crippen LogP contribution in [0.15, 0.2) is 29.2 Å². The Morgan fingerprint density at radius 1 is 1.21 bits per heavy atom. The van der Waals surface area contributed by atoms with Gasteiger partial charge in [-0.25, -0.2) is 0 Å². The maximum Gasteiger partial charge on any atom is 0.308 e. The van der Waals surface area contributed by atoms with Crippen LogP contribution in [-0.4, -0.2) is 34.7 Å². The minimum absolute atomic E-state index is 0.00464. The first kappa shape index (κ1) is 15.5. The second-order valence-corrected chi connectivity index (χ2v) is 5.39. The number of rotatable bonds is 6. The van der Waals surface area contributed by atoms with Crippen LogP contribution in [0.2, 0.25) is 0 Å². The first-order valence-electron chi connectivity index (χ1n) is 5.53. The van der Waals surface area contributed by atoms with Crippen LogP contribution in [-0.2, 0) is 23.8 Å². The van der Waals surface area contributed by atoms with Gasteiger partial charge in [-0.1, -0.05) is 0 Å². The van der Waals surface area contributed by atoms with Gasteiger partial charge in [-0.3, -0.25) is 8.98 Å². The summed E-state index contributed by atoms with van der Waals surface area (Å²) in [6, 6.07) is 5.78. The van der Waals surface area contributed by atoms with E-state index in [1.807, 2.05) is 0 Å². The van der Waals surface area contributed by atoms with E-state index >= 15 is 0 Å². The molecule has 7 heteroatoms. The number of hydrogen-bond donors (Lipinski definition) is 0. The van der Waals surface area contributed by atoms with E-state index in [1.54, 1.807) is 0 Å². The molecule has 0 spiro atoms. The summed E-state index contributed by atoms with van der Waals surface area (Å²) in [6.45, 7) is 1.48. The van der Waals surface area contributed by atoms with Crippen LogP contribution in [0.1, 0.15) is 13.3 Å². The topological polar surface area (TPSA) is 78.9 Å². The van der Waals surface area contributed by atoms with E-state index < -0.39 is 22.2 Å². The zero-order valence-corrected chi connectivity index (χ0v) is 11.8. The molecule has 0 aliphatic heterocycles. The summed E-state index contributed by atoms with van der Waals surface area (Å²) >= 11 is 0. The molecule has 0 heterocycles. The van der Waals surface area contributed by atoms with Gasteiger partial charge in [0.1, 0.15) is 5.75 Å². The third-order valence-electron chi connectivity index (χ3n) is 2.32. The average Bonchev–Trinajstić information content (AvgIpc) is 2.37. The van der Waals surface area contributed by atoms with Gasteiger partial charge in [-0.05, 0) is 31.2 Å². The van der Waals surface area contributed by atoms with Gasteiger partial charge in [0.15, 0.2) is 0 Å². The van der Waals surface area contributed by atoms with Gasteiger partial charge in [0.2, 0.25) is 0 Å². The quantitative estimate of drug-likeness (QED) is 0.581. The summed E-state index contributed by atoms with van der Waals surface area (Å²) in [4.78, 5) is 11.0. The van der Waals surface area contributed by atoms with Gasteiger partial charge in [0.25, 0.3) is 10.1 Å². The molecule has 1 rings (SSSR count). The minimum Gasteiger partial charge on any atom is -0.497 e. The van der Waals surface area contributed by atoms with Crippen LogP contribution in [0.25, 0.3) is 0 Å². The van der Waals surface area contributed by atoms with Crippen molar-refractivity contribution in [2.45, 2.75) is 24.3 Å². The molecule has 1 aromatic carbocycles. The lowest BCUT2D eigenvalue weighted by Gasteiger charge is -2.12. The summed E-state index contributed by atoms with van der Waals surface area (Å²) in [6.07, 6.45) is -0.925. The SMILES string of the molecule is COC(=O)C[C@@H](C)OS(=O)(=O)c1ccc(OC)cc1. The third kappa shape index (κ3) is 4.53. The van der Waals surface area contributed by atoms with E-state index in [2.05, 4.69) is 4.74 Å². The van der Waals surface area contributed by atoms with Crippen molar-refractivity contribution in [1.82, 2.24) is 0 Å². The first-order chi connectivity index (χ1) is 8.89. The lowest BCUT2D eigenvalue weighted by Crippen LogP contribution is -2.19. The van der Waals surface area contributed by atoms with Crippen molar-refractivity contribution >= 4 is 16.1 Å². The molecule has 0 unspecified atom stereocenters. The van der Waals surface area contributed by atoms with Crippen molar-refractivity contribution in [3.63, 3.8) is 0 Å². The Kier molecular flexibility index (Phi) is 5.31. The van der Waals surface area contributed by atoms with Crippen LogP contribution < -0.4 is 4.74 Å². The smallest absolute Gasteiger partial charge is 0.308 e. The molecule has 0 amide bonds. The Labute approximate surface area is 112 Å². The standard InChI is InChI=1S/C12H16O6S/c1-9(8-12(13)17-3)18-19(14,15)11-6-4-10(16-2)5-7-11/h4-7,9H,8H2,1-3H3/t9-/m1/s1. The maximum absolute atomic E-state index is 11.9. The minimum atomic E-state index is -3.90. The van der Waals surface area contributed by atoms with Crippen molar-refractivity contribution < 1.29 is 26.9 Å². The molecule has 1 aromatic rings. The Hall–Kier alpha value is -1.60. The van der Waals surface area contributed by atoms with E-state index in [4.69, 9.17) is 8.92 Å². The number of carbonyl (C=O) groups excluding carboxylic acids is 1. The molecule has 0 bridgehead atoms. The van der Waals surface area contributed by atoms with Crippen molar-refractivity contribution in [3.05, 3.63) is 24.3 Å². The number of ether oxygens (including phenoxy) is 2. The number of benzene rings is 1. The molecule has 1 atom stereocenters. The highest BCUT2D eigenvalue weighted by Crippen LogP contribution is 2.19. The normalized spacial score (nSPS) is 12.8. The van der Waals surface area contributed by atoms with E-state index in [0.717, 1.165) is 0 Å². The molecule has 0 aliphatic rings. The lowest BCUT2D eigenvalue weighted by molar-refractivity contribution is -0.142. The van der Waals surface area contributed by atoms with Crippen molar-refractivity contribution in [2.24, 2.45) is 0 Å². The van der Waals surface area contributed by atoms with Crippen molar-refractivity contribution in [2.75, 3.05) is 14.2 Å². The highest BCUT2D eigenvalue weighted by atomic mass is 32.2. The van der Waals surface area contributed by atoms with E-state index in [9.17, 15) is 13.2 Å². The summed E-state index contributed by atoms with van der Waals surface area (Å²) < 4.78 is 38.1. The van der Waals surface area contributed by atoms with Crippen LogP contribution in [0, 0.1) is 0 Å². The largest absolute Gasteiger partial charge is 0.497 e.